The summed E-state index contributed by atoms with van der Waals surface area (Å²) in [6.07, 6.45) is 0.644. The molecule has 1 aliphatic carbocycles. The zero-order valence-corrected chi connectivity index (χ0v) is 11.1. The van der Waals surface area contributed by atoms with Crippen LogP contribution in [0.3, 0.4) is 0 Å². The van der Waals surface area contributed by atoms with Crippen LogP contribution < -0.4 is 0 Å². The van der Waals surface area contributed by atoms with Crippen LogP contribution in [-0.4, -0.2) is 24.7 Å². The zero-order valence-electron chi connectivity index (χ0n) is 10.3. The second-order valence-corrected chi connectivity index (χ2v) is 7.45. The highest BCUT2D eigenvalue weighted by Crippen LogP contribution is 2.47. The third-order valence-corrected chi connectivity index (χ3v) is 5.54. The van der Waals surface area contributed by atoms with Gasteiger partial charge in [0.15, 0.2) is 9.84 Å². The summed E-state index contributed by atoms with van der Waals surface area (Å²) in [7, 11) is -3.25. The molecular weight excluding hydrogens is 252 g/mol. The van der Waals surface area contributed by atoms with E-state index in [2.05, 4.69) is 0 Å². The summed E-state index contributed by atoms with van der Waals surface area (Å²) in [6, 6.07) is 6.59. The molecule has 1 aromatic rings. The predicted molar refractivity (Wildman–Crippen MR) is 67.2 cm³/mol. The van der Waals surface area contributed by atoms with Crippen molar-refractivity contribution in [1.29, 1.82) is 0 Å². The van der Waals surface area contributed by atoms with Gasteiger partial charge in [-0.3, -0.25) is 4.79 Å². The van der Waals surface area contributed by atoms with Crippen molar-refractivity contribution in [3.8, 4) is 0 Å². The molecule has 1 saturated carbocycles. The van der Waals surface area contributed by atoms with Crippen molar-refractivity contribution < 1.29 is 18.3 Å². The van der Waals surface area contributed by atoms with Crippen molar-refractivity contribution in [3.63, 3.8) is 0 Å². The fraction of sp³-hybridized carbons (Fsp3) is 0.462. The van der Waals surface area contributed by atoms with Gasteiger partial charge in [-0.15, -0.1) is 0 Å². The Hall–Kier alpha value is -1.36. The van der Waals surface area contributed by atoms with Gasteiger partial charge in [-0.2, -0.15) is 0 Å². The Morgan fingerprint density at radius 1 is 1.28 bits per heavy atom. The normalized spacial score (nSPS) is 23.1. The maximum Gasteiger partial charge on any atom is 0.307 e. The molecule has 0 saturated heterocycles. The van der Waals surface area contributed by atoms with Crippen LogP contribution in [0.5, 0.6) is 0 Å². The van der Waals surface area contributed by atoms with E-state index in [0.29, 0.717) is 11.3 Å². The number of aliphatic carboxylic acids is 1. The SMILES string of the molecule is CC(C)S(=O)(=O)c1ccc(C2CC2C(=O)O)cc1. The molecule has 5 heteroatoms. The monoisotopic (exact) mass is 268 g/mol. The van der Waals surface area contributed by atoms with Gasteiger partial charge in [-0.25, -0.2) is 8.42 Å². The number of carbonyl (C=O) groups is 1. The number of hydrogen-bond donors (Lipinski definition) is 1. The lowest BCUT2D eigenvalue weighted by molar-refractivity contribution is -0.138. The summed E-state index contributed by atoms with van der Waals surface area (Å²) in [5, 5.41) is 8.40. The molecular formula is C13H16O4S. The van der Waals surface area contributed by atoms with Gasteiger partial charge in [-0.05, 0) is 43.9 Å². The minimum atomic E-state index is -3.25. The van der Waals surface area contributed by atoms with Crippen LogP contribution in [0.1, 0.15) is 31.7 Å². The number of hydrogen-bond acceptors (Lipinski definition) is 3. The van der Waals surface area contributed by atoms with Crippen LogP contribution in [0, 0.1) is 5.92 Å². The Kier molecular flexibility index (Phi) is 3.19. The molecule has 0 bridgehead atoms. The first-order chi connectivity index (χ1) is 8.34. The highest BCUT2D eigenvalue weighted by Gasteiger charge is 2.44. The van der Waals surface area contributed by atoms with Gasteiger partial charge in [0.2, 0.25) is 0 Å². The quantitative estimate of drug-likeness (QED) is 0.907. The van der Waals surface area contributed by atoms with Crippen LogP contribution in [0.4, 0.5) is 0 Å². The van der Waals surface area contributed by atoms with E-state index in [1.54, 1.807) is 38.1 Å². The van der Waals surface area contributed by atoms with Crippen LogP contribution in [0.2, 0.25) is 0 Å². The number of carboxylic acids is 1. The molecule has 2 unspecified atom stereocenters. The minimum absolute atomic E-state index is 0.0401. The van der Waals surface area contributed by atoms with E-state index in [1.807, 2.05) is 0 Å². The minimum Gasteiger partial charge on any atom is -0.481 e. The molecule has 2 rings (SSSR count). The number of benzene rings is 1. The maximum atomic E-state index is 11.9. The van der Waals surface area contributed by atoms with Crippen LogP contribution in [0.25, 0.3) is 0 Å². The summed E-state index contributed by atoms with van der Waals surface area (Å²) in [5.41, 5.74) is 0.908. The second-order valence-electron chi connectivity index (χ2n) is 4.95. The van der Waals surface area contributed by atoms with Gasteiger partial charge in [0.25, 0.3) is 0 Å². The van der Waals surface area contributed by atoms with Gasteiger partial charge in [-0.1, -0.05) is 12.1 Å². The lowest BCUT2D eigenvalue weighted by Gasteiger charge is -2.08. The van der Waals surface area contributed by atoms with E-state index >= 15 is 0 Å². The molecule has 2 atom stereocenters. The zero-order chi connectivity index (χ0) is 13.5. The van der Waals surface area contributed by atoms with Crippen LogP contribution in [0.15, 0.2) is 29.2 Å². The molecule has 1 aromatic carbocycles. The smallest absolute Gasteiger partial charge is 0.307 e. The molecule has 0 amide bonds. The lowest BCUT2D eigenvalue weighted by Crippen LogP contribution is -2.13. The second kappa shape index (κ2) is 4.39. The Balaban J connectivity index is 2.20. The van der Waals surface area contributed by atoms with Gasteiger partial charge >= 0.3 is 5.97 Å². The molecule has 0 radical (unpaired) electrons. The summed E-state index contributed by atoms with van der Waals surface area (Å²) in [6.45, 7) is 3.29. The van der Waals surface area contributed by atoms with Crippen molar-refractivity contribution in [2.75, 3.05) is 0 Å². The van der Waals surface area contributed by atoms with Gasteiger partial charge in [0.05, 0.1) is 16.1 Å². The molecule has 98 valence electrons. The van der Waals surface area contributed by atoms with E-state index < -0.39 is 21.1 Å². The fourth-order valence-corrected chi connectivity index (χ4v) is 3.07. The van der Waals surface area contributed by atoms with Crippen LogP contribution >= 0.6 is 0 Å². The molecule has 0 spiro atoms. The molecule has 1 N–H and O–H groups in total. The van der Waals surface area contributed by atoms with Crippen molar-refractivity contribution in [2.45, 2.75) is 36.3 Å². The predicted octanol–water partition coefficient (Wildman–Crippen LogP) is 2.06. The highest BCUT2D eigenvalue weighted by atomic mass is 32.2. The molecule has 4 nitrogen and oxygen atoms in total. The third-order valence-electron chi connectivity index (χ3n) is 3.37. The Labute approximate surface area is 107 Å². The maximum absolute atomic E-state index is 11.9. The van der Waals surface area contributed by atoms with Crippen molar-refractivity contribution in [1.82, 2.24) is 0 Å². The molecule has 18 heavy (non-hydrogen) atoms. The number of sulfone groups is 1. The molecule has 0 aromatic heterocycles. The molecule has 1 aliphatic rings. The lowest BCUT2D eigenvalue weighted by atomic mass is 10.1. The van der Waals surface area contributed by atoms with Gasteiger partial charge < -0.3 is 5.11 Å². The molecule has 1 fully saturated rings. The average molecular weight is 268 g/mol. The van der Waals surface area contributed by atoms with Crippen molar-refractivity contribution >= 4 is 15.8 Å². The highest BCUT2D eigenvalue weighted by molar-refractivity contribution is 7.92. The van der Waals surface area contributed by atoms with E-state index in [0.717, 1.165) is 5.56 Å². The van der Waals surface area contributed by atoms with E-state index in [4.69, 9.17) is 5.11 Å². The first-order valence-corrected chi connectivity index (χ1v) is 7.45. The largest absolute Gasteiger partial charge is 0.481 e. The van der Waals surface area contributed by atoms with Crippen molar-refractivity contribution in [2.24, 2.45) is 5.92 Å². The fourth-order valence-electron chi connectivity index (χ4n) is 2.01. The number of carboxylic acid groups (broad SMARTS) is 1. The Bertz CT molecular complexity index is 557. The molecule has 0 aliphatic heterocycles. The Morgan fingerprint density at radius 3 is 2.22 bits per heavy atom. The van der Waals surface area contributed by atoms with Gasteiger partial charge in [0.1, 0.15) is 0 Å². The van der Waals surface area contributed by atoms with Crippen molar-refractivity contribution in [3.05, 3.63) is 29.8 Å². The average Bonchev–Trinajstić information content (AvgIpc) is 3.09. The van der Waals surface area contributed by atoms with E-state index in [9.17, 15) is 13.2 Å². The summed E-state index contributed by atoms with van der Waals surface area (Å²) < 4.78 is 23.8. The first-order valence-electron chi connectivity index (χ1n) is 5.90. The van der Waals surface area contributed by atoms with E-state index in [-0.39, 0.29) is 11.8 Å². The first kappa shape index (κ1) is 13.1. The standard InChI is InChI=1S/C13H16O4S/c1-8(2)18(16,17)10-5-3-9(4-6-10)11-7-12(11)13(14)15/h3-6,8,11-12H,7H2,1-2H3,(H,14,15). The van der Waals surface area contributed by atoms with Gasteiger partial charge in [0, 0.05) is 0 Å². The van der Waals surface area contributed by atoms with E-state index in [1.165, 1.54) is 0 Å². The summed E-state index contributed by atoms with van der Waals surface area (Å²) >= 11 is 0. The summed E-state index contributed by atoms with van der Waals surface area (Å²) in [5.74, 6) is -1.05. The topological polar surface area (TPSA) is 71.4 Å². The van der Waals surface area contributed by atoms with Crippen LogP contribution in [-0.2, 0) is 14.6 Å². The summed E-state index contributed by atoms with van der Waals surface area (Å²) in [4.78, 5) is 11.1. The third kappa shape index (κ3) is 2.27. The Morgan fingerprint density at radius 2 is 1.83 bits per heavy atom. The number of rotatable bonds is 4. The molecule has 0 heterocycles.